The van der Waals surface area contributed by atoms with Gasteiger partial charge >= 0.3 is 0 Å². The van der Waals surface area contributed by atoms with Crippen LogP contribution in [0.15, 0.2) is 182 Å². The van der Waals surface area contributed by atoms with Gasteiger partial charge in [-0.2, -0.15) is 5.26 Å². The number of aromatic nitrogens is 3. The highest BCUT2D eigenvalue weighted by Gasteiger charge is 2.25. The van der Waals surface area contributed by atoms with E-state index in [1.165, 1.54) is 38.6 Å². The molecule has 11 rings (SSSR count). The van der Waals surface area contributed by atoms with Gasteiger partial charge in [-0.3, -0.25) is 0 Å². The molecule has 0 N–H and O–H groups in total. The first-order chi connectivity index (χ1) is 27.7. The van der Waals surface area contributed by atoms with E-state index in [0.717, 1.165) is 54.9 Å². The van der Waals surface area contributed by atoms with Gasteiger partial charge in [-0.25, -0.2) is 15.0 Å². The van der Waals surface area contributed by atoms with Crippen LogP contribution in [0.5, 0.6) is 0 Å². The number of fused-ring (bicyclic) bond motifs is 5. The summed E-state index contributed by atoms with van der Waals surface area (Å²) in [6.45, 7) is 0. The third-order valence-corrected chi connectivity index (χ3v) is 11.1. The van der Waals surface area contributed by atoms with Crippen molar-refractivity contribution >= 4 is 32.3 Å². The average Bonchev–Trinajstić information content (AvgIpc) is 3.60. The zero-order chi connectivity index (χ0) is 37.2. The molecule has 0 unspecified atom stereocenters. The number of nitrogens with zero attached hydrogens (tertiary/aromatic N) is 4. The van der Waals surface area contributed by atoms with Crippen molar-refractivity contribution < 1.29 is 0 Å². The summed E-state index contributed by atoms with van der Waals surface area (Å²) in [6, 6.07) is 65.9. The van der Waals surface area contributed by atoms with Crippen LogP contribution in [0.25, 0.3) is 111 Å². The second-order valence-corrected chi connectivity index (χ2v) is 14.3. The summed E-state index contributed by atoms with van der Waals surface area (Å²) < 4.78 is 0. The van der Waals surface area contributed by atoms with Crippen molar-refractivity contribution in [1.29, 1.82) is 5.26 Å². The van der Waals surface area contributed by atoms with Crippen molar-refractivity contribution in [3.8, 4) is 84.7 Å². The Hall–Kier alpha value is -7.74. The molecule has 0 fully saturated rings. The normalized spacial score (nSPS) is 11.6. The fourth-order valence-electron chi connectivity index (χ4n) is 8.48. The van der Waals surface area contributed by atoms with Gasteiger partial charge in [-0.15, -0.1) is 0 Å². The predicted octanol–water partition coefficient (Wildman–Crippen LogP) is 13.2. The lowest BCUT2D eigenvalue weighted by Crippen LogP contribution is -2.00. The molecular weight excluding hydrogens is 681 g/mol. The van der Waals surface area contributed by atoms with Crippen LogP contribution in [-0.4, -0.2) is 15.0 Å². The van der Waals surface area contributed by atoms with E-state index in [1.807, 2.05) is 78.9 Å². The highest BCUT2D eigenvalue weighted by Crippen LogP contribution is 2.52. The van der Waals surface area contributed by atoms with E-state index in [2.05, 4.69) is 109 Å². The van der Waals surface area contributed by atoms with Crippen LogP contribution >= 0.6 is 0 Å². The minimum atomic E-state index is 0.634. The van der Waals surface area contributed by atoms with E-state index >= 15 is 0 Å². The monoisotopic (exact) mass is 710 g/mol. The first-order valence-electron chi connectivity index (χ1n) is 18.7. The standard InChI is InChI=1S/C52H30N4/c53-31-38-23-24-44(41-16-8-7-15-39(38)41)47-28-27-46-43-18-10-9-17-42(43)45-26-25-40(48(47)49(45)46)36-21-19-35-30-37(22-20-34(35)29-36)52-55-50(32-11-3-1-4-12-32)54-51(56-52)33-13-5-2-6-14-33/h1-30H. The van der Waals surface area contributed by atoms with Crippen LogP contribution in [0.3, 0.4) is 0 Å². The Bertz CT molecular complexity index is 3170. The molecule has 0 aliphatic heterocycles. The molecule has 1 aromatic heterocycles. The summed E-state index contributed by atoms with van der Waals surface area (Å²) in [5, 5.41) is 16.7. The van der Waals surface area contributed by atoms with Crippen molar-refractivity contribution in [1.82, 2.24) is 15.0 Å². The summed E-state index contributed by atoms with van der Waals surface area (Å²) in [5.41, 5.74) is 13.1. The highest BCUT2D eigenvalue weighted by molar-refractivity contribution is 6.24. The van der Waals surface area contributed by atoms with Crippen molar-refractivity contribution in [2.24, 2.45) is 0 Å². The lowest BCUT2D eigenvalue weighted by Gasteiger charge is -2.17. The molecule has 9 aromatic carbocycles. The lowest BCUT2D eigenvalue weighted by molar-refractivity contribution is 1.07. The summed E-state index contributed by atoms with van der Waals surface area (Å²) in [5.74, 6) is 1.92. The van der Waals surface area contributed by atoms with Gasteiger partial charge in [0.15, 0.2) is 17.5 Å². The molecule has 258 valence electrons. The van der Waals surface area contributed by atoms with Gasteiger partial charge in [0, 0.05) is 22.1 Å². The molecule has 0 atom stereocenters. The molecule has 0 saturated carbocycles. The third kappa shape index (κ3) is 5.03. The number of rotatable bonds is 5. The Kier molecular flexibility index (Phi) is 7.20. The molecule has 0 bridgehead atoms. The first-order valence-corrected chi connectivity index (χ1v) is 18.7. The van der Waals surface area contributed by atoms with Crippen molar-refractivity contribution in [2.75, 3.05) is 0 Å². The Morgan fingerprint density at radius 2 is 0.768 bits per heavy atom. The number of hydrogen-bond donors (Lipinski definition) is 0. The smallest absolute Gasteiger partial charge is 0.164 e. The van der Waals surface area contributed by atoms with Gasteiger partial charge in [0.1, 0.15) is 0 Å². The Morgan fingerprint density at radius 3 is 1.38 bits per heavy atom. The molecule has 1 aliphatic rings. The molecular formula is C52H30N4. The Balaban J connectivity index is 1.09. The molecule has 56 heavy (non-hydrogen) atoms. The minimum absolute atomic E-state index is 0.634. The van der Waals surface area contributed by atoms with Gasteiger partial charge in [-0.1, -0.05) is 164 Å². The maximum absolute atomic E-state index is 9.97. The van der Waals surface area contributed by atoms with Crippen LogP contribution in [0.4, 0.5) is 0 Å². The van der Waals surface area contributed by atoms with E-state index in [0.29, 0.717) is 23.0 Å². The lowest BCUT2D eigenvalue weighted by atomic mass is 9.86. The summed E-state index contributed by atoms with van der Waals surface area (Å²) >= 11 is 0. The molecule has 1 aliphatic carbocycles. The SMILES string of the molecule is N#Cc1ccc(-c2ccc3c4c(ccc(-c5ccc6cc(-c7nc(-c8ccccc8)nc(-c8ccccc8)n7)ccc6c5)c24)-c2ccccc2-3)c2ccccc12. The second kappa shape index (κ2) is 12.7. The van der Waals surface area contributed by atoms with E-state index in [4.69, 9.17) is 15.0 Å². The largest absolute Gasteiger partial charge is 0.208 e. The van der Waals surface area contributed by atoms with Crippen LogP contribution in [0.1, 0.15) is 5.56 Å². The topological polar surface area (TPSA) is 62.5 Å². The van der Waals surface area contributed by atoms with Crippen LogP contribution in [-0.2, 0) is 0 Å². The van der Waals surface area contributed by atoms with E-state index in [-0.39, 0.29) is 0 Å². The number of benzene rings is 9. The molecule has 0 spiro atoms. The molecule has 4 heteroatoms. The minimum Gasteiger partial charge on any atom is -0.208 e. The highest BCUT2D eigenvalue weighted by atomic mass is 15.0. The Labute approximate surface area is 323 Å². The Morgan fingerprint density at radius 1 is 0.321 bits per heavy atom. The number of nitriles is 1. The van der Waals surface area contributed by atoms with Crippen molar-refractivity contribution in [2.45, 2.75) is 0 Å². The molecule has 4 nitrogen and oxygen atoms in total. The summed E-state index contributed by atoms with van der Waals surface area (Å²) in [7, 11) is 0. The fraction of sp³-hybridized carbons (Fsp3) is 0. The van der Waals surface area contributed by atoms with E-state index < -0.39 is 0 Å². The zero-order valence-corrected chi connectivity index (χ0v) is 30.1. The van der Waals surface area contributed by atoms with Crippen molar-refractivity contribution in [3.63, 3.8) is 0 Å². The van der Waals surface area contributed by atoms with E-state index in [9.17, 15) is 5.26 Å². The van der Waals surface area contributed by atoms with E-state index in [1.54, 1.807) is 0 Å². The maximum Gasteiger partial charge on any atom is 0.164 e. The second-order valence-electron chi connectivity index (χ2n) is 14.3. The van der Waals surface area contributed by atoms with Gasteiger partial charge in [0.05, 0.1) is 11.6 Å². The first kappa shape index (κ1) is 31.8. The van der Waals surface area contributed by atoms with Gasteiger partial charge in [0.25, 0.3) is 0 Å². The summed E-state index contributed by atoms with van der Waals surface area (Å²) in [4.78, 5) is 14.8. The van der Waals surface area contributed by atoms with Gasteiger partial charge in [0.2, 0.25) is 0 Å². The molecule has 10 aromatic rings. The fourth-order valence-corrected chi connectivity index (χ4v) is 8.48. The maximum atomic E-state index is 9.97. The predicted molar refractivity (Wildman–Crippen MR) is 229 cm³/mol. The molecule has 0 amide bonds. The summed E-state index contributed by atoms with van der Waals surface area (Å²) in [6.07, 6.45) is 0. The molecule has 0 radical (unpaired) electrons. The average molecular weight is 711 g/mol. The van der Waals surface area contributed by atoms with Crippen molar-refractivity contribution in [3.05, 3.63) is 188 Å². The van der Waals surface area contributed by atoms with Crippen LogP contribution < -0.4 is 0 Å². The third-order valence-electron chi connectivity index (χ3n) is 11.1. The van der Waals surface area contributed by atoms with Crippen LogP contribution in [0.2, 0.25) is 0 Å². The number of hydrogen-bond acceptors (Lipinski definition) is 4. The van der Waals surface area contributed by atoms with Gasteiger partial charge < -0.3 is 0 Å². The quantitative estimate of drug-likeness (QED) is 0.178. The molecule has 0 saturated heterocycles. The van der Waals surface area contributed by atoms with Crippen LogP contribution in [0, 0.1) is 11.3 Å². The zero-order valence-electron chi connectivity index (χ0n) is 30.1. The van der Waals surface area contributed by atoms with Gasteiger partial charge in [-0.05, 0) is 89.6 Å². The molecule has 1 heterocycles.